The van der Waals surface area contributed by atoms with Crippen LogP contribution in [-0.2, 0) is 4.74 Å². The summed E-state index contributed by atoms with van der Waals surface area (Å²) < 4.78 is 5.58. The predicted octanol–water partition coefficient (Wildman–Crippen LogP) is 6.56. The lowest BCUT2D eigenvalue weighted by atomic mass is 9.75. The van der Waals surface area contributed by atoms with Gasteiger partial charge < -0.3 is 9.84 Å². The number of thiophene rings is 1. The van der Waals surface area contributed by atoms with E-state index in [1.54, 1.807) is 0 Å². The van der Waals surface area contributed by atoms with Crippen LogP contribution in [0.1, 0.15) is 92.8 Å². The summed E-state index contributed by atoms with van der Waals surface area (Å²) in [6.07, 6.45) is 8.45. The number of aromatic carboxylic acids is 1. The molecule has 1 aromatic heterocycles. The molecule has 34 heavy (non-hydrogen) atoms. The summed E-state index contributed by atoms with van der Waals surface area (Å²) >= 11 is 1.34. The second-order valence-electron chi connectivity index (χ2n) is 11.7. The van der Waals surface area contributed by atoms with Gasteiger partial charge in [0.25, 0.3) is 0 Å². The van der Waals surface area contributed by atoms with Gasteiger partial charge in [-0.25, -0.2) is 4.79 Å². The van der Waals surface area contributed by atoms with Gasteiger partial charge in [-0.2, -0.15) is 0 Å². The van der Waals surface area contributed by atoms with E-state index in [1.165, 1.54) is 61.0 Å². The standard InChI is InChI=1S/C29H41NO3S/c1-20-5-7-22(8-6-20)24-11-15-30(14-10-21-12-16-33-19-21)18-26(24)25-17-23(9-13-29(2,3)4)34-27(25)28(31)32/h17,20-22H,5-8,10-12,14-16,18-19H2,1-4H3,(H,31,32). The van der Waals surface area contributed by atoms with Crippen molar-refractivity contribution in [1.82, 2.24) is 4.90 Å². The lowest BCUT2D eigenvalue weighted by molar-refractivity contribution is 0.0701. The van der Waals surface area contributed by atoms with Gasteiger partial charge in [0.05, 0.1) is 4.88 Å². The molecule has 0 aromatic carbocycles. The van der Waals surface area contributed by atoms with E-state index in [9.17, 15) is 9.90 Å². The summed E-state index contributed by atoms with van der Waals surface area (Å²) in [6.45, 7) is 13.4. The van der Waals surface area contributed by atoms with Gasteiger partial charge in [0.2, 0.25) is 0 Å². The molecular weight excluding hydrogens is 442 g/mol. The minimum atomic E-state index is -0.826. The molecule has 2 fully saturated rings. The van der Waals surface area contributed by atoms with Crippen molar-refractivity contribution in [2.24, 2.45) is 23.2 Å². The largest absolute Gasteiger partial charge is 0.477 e. The van der Waals surface area contributed by atoms with Crippen LogP contribution in [0.3, 0.4) is 0 Å². The number of ether oxygens (including phenoxy) is 1. The van der Waals surface area contributed by atoms with Crippen molar-refractivity contribution in [3.05, 3.63) is 27.0 Å². The average molecular weight is 484 g/mol. The Kier molecular flexibility index (Phi) is 8.23. The summed E-state index contributed by atoms with van der Waals surface area (Å²) in [5.41, 5.74) is 3.63. The fourth-order valence-electron chi connectivity index (χ4n) is 5.60. The number of carboxylic acid groups (broad SMARTS) is 1. The van der Waals surface area contributed by atoms with Gasteiger partial charge in [-0.1, -0.05) is 37.2 Å². The third-order valence-electron chi connectivity index (χ3n) is 7.67. The highest BCUT2D eigenvalue weighted by Crippen LogP contribution is 2.42. The van der Waals surface area contributed by atoms with Crippen molar-refractivity contribution in [3.8, 4) is 11.8 Å². The molecule has 1 saturated heterocycles. The Morgan fingerprint density at radius 3 is 2.65 bits per heavy atom. The maximum absolute atomic E-state index is 12.3. The van der Waals surface area contributed by atoms with Crippen molar-refractivity contribution < 1.29 is 14.6 Å². The van der Waals surface area contributed by atoms with E-state index >= 15 is 0 Å². The molecule has 5 heteroatoms. The van der Waals surface area contributed by atoms with Crippen molar-refractivity contribution in [2.45, 2.75) is 72.6 Å². The lowest BCUT2D eigenvalue weighted by Gasteiger charge is -2.37. The molecule has 3 aliphatic rings. The Labute approximate surface area is 209 Å². The van der Waals surface area contributed by atoms with Gasteiger partial charge in [-0.3, -0.25) is 4.90 Å². The topological polar surface area (TPSA) is 49.8 Å². The van der Waals surface area contributed by atoms with Gasteiger partial charge in [-0.05, 0) is 88.8 Å². The van der Waals surface area contributed by atoms with E-state index in [2.05, 4.69) is 50.5 Å². The Balaban J connectivity index is 1.65. The van der Waals surface area contributed by atoms with E-state index < -0.39 is 5.97 Å². The Morgan fingerprint density at radius 1 is 1.24 bits per heavy atom. The summed E-state index contributed by atoms with van der Waals surface area (Å²) in [5, 5.41) is 10.1. The molecule has 0 amide bonds. The molecule has 1 aliphatic carbocycles. The maximum Gasteiger partial charge on any atom is 0.346 e. The van der Waals surface area contributed by atoms with E-state index in [1.807, 2.05) is 0 Å². The number of carbonyl (C=O) groups is 1. The highest BCUT2D eigenvalue weighted by molar-refractivity contribution is 7.14. The molecular formula is C29H41NO3S. The Hall–Kier alpha value is -1.61. The third-order valence-corrected chi connectivity index (χ3v) is 8.70. The Bertz CT molecular complexity index is 960. The first-order chi connectivity index (χ1) is 16.2. The van der Waals surface area contributed by atoms with Gasteiger partial charge in [-0.15, -0.1) is 11.3 Å². The van der Waals surface area contributed by atoms with E-state index in [-0.39, 0.29) is 5.41 Å². The van der Waals surface area contributed by atoms with Crippen molar-refractivity contribution in [2.75, 3.05) is 32.8 Å². The summed E-state index contributed by atoms with van der Waals surface area (Å²) in [4.78, 5) is 16.2. The lowest BCUT2D eigenvalue weighted by Crippen LogP contribution is -2.35. The fourth-order valence-corrected chi connectivity index (χ4v) is 6.48. The van der Waals surface area contributed by atoms with Gasteiger partial charge in [0.15, 0.2) is 0 Å². The first kappa shape index (κ1) is 25.5. The van der Waals surface area contributed by atoms with Crippen LogP contribution in [0.2, 0.25) is 0 Å². The zero-order chi connectivity index (χ0) is 24.3. The second-order valence-corrected chi connectivity index (χ2v) is 12.7. The molecule has 1 atom stereocenters. The van der Waals surface area contributed by atoms with Crippen LogP contribution in [0.25, 0.3) is 5.57 Å². The van der Waals surface area contributed by atoms with E-state index in [4.69, 9.17) is 4.74 Å². The van der Waals surface area contributed by atoms with Crippen LogP contribution < -0.4 is 0 Å². The third kappa shape index (κ3) is 6.53. The van der Waals surface area contributed by atoms with E-state index in [0.29, 0.717) is 16.7 Å². The molecule has 2 aliphatic heterocycles. The molecule has 4 nitrogen and oxygen atoms in total. The van der Waals surface area contributed by atoms with Gasteiger partial charge in [0.1, 0.15) is 4.88 Å². The molecule has 1 saturated carbocycles. The molecule has 4 rings (SSSR count). The normalized spacial score (nSPS) is 26.4. The monoisotopic (exact) mass is 483 g/mol. The molecule has 0 spiro atoms. The molecule has 1 aromatic rings. The molecule has 1 unspecified atom stereocenters. The second kappa shape index (κ2) is 11.0. The minimum absolute atomic E-state index is 0.109. The van der Waals surface area contributed by atoms with Crippen molar-refractivity contribution in [3.63, 3.8) is 0 Å². The molecule has 0 bridgehead atoms. The Morgan fingerprint density at radius 2 is 2.00 bits per heavy atom. The van der Waals surface area contributed by atoms with Gasteiger partial charge >= 0.3 is 5.97 Å². The number of carboxylic acids is 1. The molecule has 0 radical (unpaired) electrons. The summed E-state index contributed by atoms with van der Waals surface area (Å²) in [7, 11) is 0. The number of nitrogens with zero attached hydrogens (tertiary/aromatic N) is 1. The minimum Gasteiger partial charge on any atom is -0.477 e. The number of rotatable bonds is 6. The predicted molar refractivity (Wildman–Crippen MR) is 140 cm³/mol. The summed E-state index contributed by atoms with van der Waals surface area (Å²) in [5.74, 6) is 7.81. The highest BCUT2D eigenvalue weighted by Gasteiger charge is 2.31. The van der Waals surface area contributed by atoms with Crippen molar-refractivity contribution in [1.29, 1.82) is 0 Å². The van der Waals surface area contributed by atoms with Crippen LogP contribution in [0.5, 0.6) is 0 Å². The zero-order valence-electron chi connectivity index (χ0n) is 21.4. The quantitative estimate of drug-likeness (QED) is 0.466. The summed E-state index contributed by atoms with van der Waals surface area (Å²) in [6, 6.07) is 2.07. The van der Waals surface area contributed by atoms with Crippen LogP contribution in [0, 0.1) is 35.0 Å². The molecule has 3 heterocycles. The number of hydrogen-bond donors (Lipinski definition) is 1. The first-order valence-corrected chi connectivity index (χ1v) is 13.9. The molecule has 1 N–H and O–H groups in total. The molecule has 186 valence electrons. The van der Waals surface area contributed by atoms with Crippen LogP contribution >= 0.6 is 11.3 Å². The van der Waals surface area contributed by atoms with E-state index in [0.717, 1.165) is 55.6 Å². The maximum atomic E-state index is 12.3. The van der Waals surface area contributed by atoms with Crippen molar-refractivity contribution >= 4 is 22.9 Å². The average Bonchev–Trinajstić information content (AvgIpc) is 3.46. The van der Waals surface area contributed by atoms with Gasteiger partial charge in [0, 0.05) is 37.3 Å². The van der Waals surface area contributed by atoms with Crippen LogP contribution in [0.15, 0.2) is 11.6 Å². The zero-order valence-corrected chi connectivity index (χ0v) is 22.2. The highest BCUT2D eigenvalue weighted by atomic mass is 32.1. The first-order valence-electron chi connectivity index (χ1n) is 13.1. The smallest absolute Gasteiger partial charge is 0.346 e. The fraction of sp³-hybridized carbons (Fsp3) is 0.690. The van der Waals surface area contributed by atoms with Crippen LogP contribution in [-0.4, -0.2) is 48.8 Å². The number of hydrogen-bond acceptors (Lipinski definition) is 4. The SMILES string of the molecule is CC1CCC(C2=C(c3cc(C#CC(C)(C)C)sc3C(=O)O)CN(CCC3CCOC3)CC2)CC1. The van der Waals surface area contributed by atoms with Crippen LogP contribution in [0.4, 0.5) is 0 Å².